The van der Waals surface area contributed by atoms with E-state index in [1.54, 1.807) is 31.2 Å². The second kappa shape index (κ2) is 8.50. The second-order valence-corrected chi connectivity index (χ2v) is 7.16. The second-order valence-electron chi connectivity index (χ2n) is 7.16. The summed E-state index contributed by atoms with van der Waals surface area (Å²) in [6.45, 7) is 1.97. The highest BCUT2D eigenvalue weighted by Gasteiger charge is 2.12. The van der Waals surface area contributed by atoms with Gasteiger partial charge in [-0.3, -0.25) is 18.7 Å². The summed E-state index contributed by atoms with van der Waals surface area (Å²) in [6, 6.07) is 11.0. The molecule has 0 spiro atoms. The Morgan fingerprint density at radius 1 is 0.875 bits per heavy atom. The van der Waals surface area contributed by atoms with Crippen molar-refractivity contribution in [1.29, 1.82) is 0 Å². The van der Waals surface area contributed by atoms with Crippen LogP contribution >= 0.6 is 0 Å². The Labute approximate surface area is 179 Å². The summed E-state index contributed by atoms with van der Waals surface area (Å²) < 4.78 is 7.36. The Balaban J connectivity index is 1.46. The number of aromatic nitrogens is 4. The zero-order valence-corrected chi connectivity index (χ0v) is 17.2. The quantitative estimate of drug-likeness (QED) is 0.341. The number of fused-ring (bicyclic) bond motifs is 2. The van der Waals surface area contributed by atoms with E-state index in [9.17, 15) is 24.0 Å². The Morgan fingerprint density at radius 3 is 2.31 bits per heavy atom. The molecule has 0 bridgehead atoms. The van der Waals surface area contributed by atoms with Crippen molar-refractivity contribution in [2.75, 3.05) is 6.61 Å². The molecule has 0 saturated carbocycles. The molecule has 0 amide bonds. The van der Waals surface area contributed by atoms with Crippen molar-refractivity contribution in [3.8, 4) is 0 Å². The number of hydrogen-bond acceptors (Lipinski definition) is 6. The van der Waals surface area contributed by atoms with Crippen LogP contribution in [0.25, 0.3) is 21.8 Å². The minimum absolute atomic E-state index is 0.0243. The fourth-order valence-electron chi connectivity index (χ4n) is 3.54. The number of carbonyl (C=O) groups excluding carboxylic acids is 1. The van der Waals surface area contributed by atoms with Gasteiger partial charge in [-0.05, 0) is 43.7 Å². The number of benzene rings is 2. The third-order valence-corrected chi connectivity index (χ3v) is 5.18. The maximum absolute atomic E-state index is 12.5. The van der Waals surface area contributed by atoms with Crippen molar-refractivity contribution < 1.29 is 9.53 Å². The first-order valence-electron chi connectivity index (χ1n) is 10.1. The zero-order chi connectivity index (χ0) is 22.8. The van der Waals surface area contributed by atoms with Gasteiger partial charge in [-0.2, -0.15) is 0 Å². The van der Waals surface area contributed by atoms with E-state index >= 15 is 0 Å². The molecule has 0 unspecified atom stereocenters. The molecule has 2 N–H and O–H groups in total. The highest BCUT2D eigenvalue weighted by Crippen LogP contribution is 2.11. The summed E-state index contributed by atoms with van der Waals surface area (Å²) in [5.41, 5.74) is -1.05. The zero-order valence-electron chi connectivity index (χ0n) is 17.2. The van der Waals surface area contributed by atoms with Gasteiger partial charge in [-0.15, -0.1) is 0 Å². The third-order valence-electron chi connectivity index (χ3n) is 5.18. The summed E-state index contributed by atoms with van der Waals surface area (Å²) in [4.78, 5) is 66.6. The van der Waals surface area contributed by atoms with Crippen LogP contribution in [0.5, 0.6) is 0 Å². The van der Waals surface area contributed by atoms with Gasteiger partial charge in [-0.1, -0.05) is 12.1 Å². The summed E-state index contributed by atoms with van der Waals surface area (Å²) >= 11 is 0. The minimum Gasteiger partial charge on any atom is -0.462 e. The van der Waals surface area contributed by atoms with Crippen LogP contribution in [-0.2, 0) is 17.8 Å². The number of para-hydroxylation sites is 1. The van der Waals surface area contributed by atoms with E-state index in [0.29, 0.717) is 10.9 Å². The van der Waals surface area contributed by atoms with E-state index < -0.39 is 28.5 Å². The molecule has 0 saturated heterocycles. The van der Waals surface area contributed by atoms with Crippen LogP contribution in [0.2, 0.25) is 0 Å². The maximum atomic E-state index is 12.5. The Hall–Kier alpha value is -4.21. The molecule has 0 fully saturated rings. The fraction of sp³-hybridized carbons (Fsp3) is 0.227. The number of esters is 1. The summed E-state index contributed by atoms with van der Waals surface area (Å²) in [7, 11) is 0. The van der Waals surface area contributed by atoms with E-state index in [2.05, 4.69) is 9.97 Å². The van der Waals surface area contributed by atoms with E-state index in [4.69, 9.17) is 4.74 Å². The molecule has 2 aromatic carbocycles. The standard InChI is InChI=1S/C22H20N4O6/c1-2-25-18(27)15-9-8-13(12-17(15)24-21(25)30)20(29)32-11-5-10-26-19(28)14-6-3-4-7-16(14)23-22(26)31/h3-4,6-9,12H,2,5,10-11H2,1H3,(H,23,31)(H,24,30). The SMILES string of the molecule is CCn1c(=O)[nH]c2cc(C(=O)OCCCn3c(=O)[nH]c4ccccc4c3=O)ccc2c1=O. The molecule has 0 radical (unpaired) electrons. The molecular weight excluding hydrogens is 416 g/mol. The smallest absolute Gasteiger partial charge is 0.338 e. The molecule has 164 valence electrons. The van der Waals surface area contributed by atoms with E-state index in [1.807, 2.05) is 0 Å². The van der Waals surface area contributed by atoms with Crippen molar-refractivity contribution in [2.45, 2.75) is 26.4 Å². The lowest BCUT2D eigenvalue weighted by atomic mass is 10.1. The molecule has 0 aliphatic rings. The van der Waals surface area contributed by atoms with Crippen molar-refractivity contribution in [1.82, 2.24) is 19.1 Å². The number of aromatic amines is 2. The highest BCUT2D eigenvalue weighted by molar-refractivity contribution is 5.94. The predicted octanol–water partition coefficient (Wildman–Crippen LogP) is 0.960. The number of hydrogen-bond donors (Lipinski definition) is 2. The van der Waals surface area contributed by atoms with E-state index in [0.717, 1.165) is 9.13 Å². The van der Waals surface area contributed by atoms with Crippen molar-refractivity contribution in [3.63, 3.8) is 0 Å². The highest BCUT2D eigenvalue weighted by atomic mass is 16.5. The Morgan fingerprint density at radius 2 is 1.53 bits per heavy atom. The lowest BCUT2D eigenvalue weighted by Crippen LogP contribution is -2.35. The molecule has 2 heterocycles. The van der Waals surface area contributed by atoms with Gasteiger partial charge in [-0.25, -0.2) is 14.4 Å². The molecule has 2 aromatic heterocycles. The largest absolute Gasteiger partial charge is 0.462 e. The molecular formula is C22H20N4O6. The average molecular weight is 436 g/mol. The normalized spacial score (nSPS) is 11.2. The van der Waals surface area contributed by atoms with Crippen LogP contribution in [0, 0.1) is 0 Å². The van der Waals surface area contributed by atoms with E-state index in [1.165, 1.54) is 18.2 Å². The van der Waals surface area contributed by atoms with Gasteiger partial charge in [0.05, 0.1) is 34.0 Å². The Kier molecular flexibility index (Phi) is 5.59. The monoisotopic (exact) mass is 436 g/mol. The molecule has 4 aromatic rings. The molecule has 4 rings (SSSR count). The van der Waals surface area contributed by atoms with Crippen LogP contribution < -0.4 is 22.5 Å². The lowest BCUT2D eigenvalue weighted by Gasteiger charge is -2.08. The van der Waals surface area contributed by atoms with Crippen LogP contribution in [0.4, 0.5) is 0 Å². The number of nitrogens with zero attached hydrogens (tertiary/aromatic N) is 2. The number of H-pyrrole nitrogens is 2. The molecule has 10 heteroatoms. The van der Waals surface area contributed by atoms with Gasteiger partial charge < -0.3 is 14.7 Å². The van der Waals surface area contributed by atoms with Gasteiger partial charge in [0.1, 0.15) is 0 Å². The minimum atomic E-state index is -0.646. The van der Waals surface area contributed by atoms with Crippen molar-refractivity contribution >= 4 is 27.8 Å². The molecule has 10 nitrogen and oxygen atoms in total. The molecule has 0 aliphatic carbocycles. The number of ether oxygens (including phenoxy) is 1. The van der Waals surface area contributed by atoms with E-state index in [-0.39, 0.29) is 42.6 Å². The number of carbonyl (C=O) groups is 1. The van der Waals surface area contributed by atoms with Gasteiger partial charge in [0.15, 0.2) is 0 Å². The first-order valence-corrected chi connectivity index (χ1v) is 10.1. The topological polar surface area (TPSA) is 136 Å². The summed E-state index contributed by atoms with van der Waals surface area (Å²) in [5.74, 6) is -0.646. The van der Waals surface area contributed by atoms with Crippen LogP contribution in [-0.4, -0.2) is 31.7 Å². The molecule has 0 atom stereocenters. The fourth-order valence-corrected chi connectivity index (χ4v) is 3.54. The van der Waals surface area contributed by atoms with Crippen molar-refractivity contribution in [2.24, 2.45) is 0 Å². The van der Waals surface area contributed by atoms with Crippen molar-refractivity contribution in [3.05, 3.63) is 89.7 Å². The molecule has 0 aliphatic heterocycles. The third kappa shape index (κ3) is 3.78. The summed E-state index contributed by atoms with van der Waals surface area (Å²) in [6.07, 6.45) is 0.249. The van der Waals surface area contributed by atoms with Gasteiger partial charge >= 0.3 is 17.3 Å². The first-order chi connectivity index (χ1) is 15.4. The van der Waals surface area contributed by atoms with Crippen LogP contribution in [0.1, 0.15) is 23.7 Å². The predicted molar refractivity (Wildman–Crippen MR) is 118 cm³/mol. The van der Waals surface area contributed by atoms with Gasteiger partial charge in [0.2, 0.25) is 0 Å². The van der Waals surface area contributed by atoms with Crippen LogP contribution in [0.15, 0.2) is 61.6 Å². The first kappa shape index (κ1) is 21.0. The number of nitrogens with one attached hydrogen (secondary N) is 2. The van der Waals surface area contributed by atoms with Gasteiger partial charge in [0, 0.05) is 13.1 Å². The van der Waals surface area contributed by atoms with Gasteiger partial charge in [0.25, 0.3) is 11.1 Å². The van der Waals surface area contributed by atoms with Crippen LogP contribution in [0.3, 0.4) is 0 Å². The number of rotatable bonds is 6. The molecule has 32 heavy (non-hydrogen) atoms. The average Bonchev–Trinajstić information content (AvgIpc) is 2.78. The maximum Gasteiger partial charge on any atom is 0.338 e. The Bertz CT molecular complexity index is 1570. The summed E-state index contributed by atoms with van der Waals surface area (Å²) in [5, 5.41) is 0.689. The lowest BCUT2D eigenvalue weighted by molar-refractivity contribution is 0.0495.